The predicted octanol–water partition coefficient (Wildman–Crippen LogP) is 5.12. The van der Waals surface area contributed by atoms with Gasteiger partial charge in [0.15, 0.2) is 0 Å². The van der Waals surface area contributed by atoms with E-state index in [1.807, 2.05) is 13.0 Å². The maximum absolute atomic E-state index is 11.8. The van der Waals surface area contributed by atoms with Crippen molar-refractivity contribution >= 4 is 11.6 Å². The molecule has 124 valence electrons. The molecule has 0 aliphatic rings. The van der Waals surface area contributed by atoms with Gasteiger partial charge < -0.3 is 10.1 Å². The molecule has 3 nitrogen and oxygen atoms in total. The molecule has 0 spiro atoms. The number of hydrogen-bond donors (Lipinski definition) is 1. The fraction of sp³-hybridized carbons (Fsp3) is 0.632. The number of carbonyl (C=O) groups is 1. The molecule has 0 bridgehead atoms. The van der Waals surface area contributed by atoms with Gasteiger partial charge >= 0.3 is 0 Å². The molecule has 1 amide bonds. The average Bonchev–Trinajstić information content (AvgIpc) is 2.53. The summed E-state index contributed by atoms with van der Waals surface area (Å²) < 4.78 is 6.24. The summed E-state index contributed by atoms with van der Waals surface area (Å²) in [5.41, 5.74) is 3.33. The Hall–Kier alpha value is -1.51. The summed E-state index contributed by atoms with van der Waals surface area (Å²) in [4.78, 5) is 11.8. The molecule has 0 saturated carbocycles. The highest BCUT2D eigenvalue weighted by atomic mass is 16.5. The fourth-order valence-electron chi connectivity index (χ4n) is 2.61. The second-order valence-corrected chi connectivity index (χ2v) is 5.76. The van der Waals surface area contributed by atoms with Gasteiger partial charge in [-0.2, -0.15) is 0 Å². The van der Waals surface area contributed by atoms with Crippen molar-refractivity contribution in [1.82, 2.24) is 0 Å². The Labute approximate surface area is 135 Å². The maximum Gasteiger partial charge on any atom is 0.224 e. The number of nitrogens with one attached hydrogen (secondary N) is 1. The highest BCUT2D eigenvalue weighted by molar-refractivity contribution is 5.92. The highest BCUT2D eigenvalue weighted by Crippen LogP contribution is 2.34. The molecule has 0 aliphatic carbocycles. The lowest BCUT2D eigenvalue weighted by Gasteiger charge is -2.22. The van der Waals surface area contributed by atoms with Gasteiger partial charge in [0.05, 0.1) is 11.8 Å². The number of anilines is 1. The SMILES string of the molecule is CCCCC(C)Oc1c(NC(=O)CC)ccc(CC)c1CC. The smallest absolute Gasteiger partial charge is 0.224 e. The third-order valence-electron chi connectivity index (χ3n) is 3.97. The second-order valence-electron chi connectivity index (χ2n) is 5.76. The molecule has 1 aromatic rings. The number of amides is 1. The summed E-state index contributed by atoms with van der Waals surface area (Å²) in [5.74, 6) is 0.893. The number of carbonyl (C=O) groups excluding carboxylic acids is 1. The lowest BCUT2D eigenvalue weighted by atomic mass is 10.00. The Balaban J connectivity index is 3.12. The largest absolute Gasteiger partial charge is 0.488 e. The Morgan fingerprint density at radius 2 is 1.91 bits per heavy atom. The van der Waals surface area contributed by atoms with Gasteiger partial charge in [-0.1, -0.05) is 46.6 Å². The van der Waals surface area contributed by atoms with Crippen LogP contribution < -0.4 is 10.1 Å². The van der Waals surface area contributed by atoms with Gasteiger partial charge in [-0.15, -0.1) is 0 Å². The molecule has 3 heteroatoms. The Morgan fingerprint density at radius 3 is 2.45 bits per heavy atom. The number of hydrogen-bond acceptors (Lipinski definition) is 2. The molecule has 0 radical (unpaired) electrons. The van der Waals surface area contributed by atoms with Crippen LogP contribution >= 0.6 is 0 Å². The number of unbranched alkanes of at least 4 members (excludes halogenated alkanes) is 1. The zero-order valence-electron chi connectivity index (χ0n) is 14.8. The number of ether oxygens (including phenoxy) is 1. The second kappa shape index (κ2) is 9.50. The predicted molar refractivity (Wildman–Crippen MR) is 93.7 cm³/mol. The van der Waals surface area contributed by atoms with Gasteiger partial charge in [0.25, 0.3) is 0 Å². The summed E-state index contributed by atoms with van der Waals surface area (Å²) in [5, 5.41) is 2.98. The van der Waals surface area contributed by atoms with Crippen LogP contribution in [0.25, 0.3) is 0 Å². The van der Waals surface area contributed by atoms with Crippen LogP contribution in [0.2, 0.25) is 0 Å². The van der Waals surface area contributed by atoms with Crippen LogP contribution in [-0.2, 0) is 17.6 Å². The first kappa shape index (κ1) is 18.5. The quantitative estimate of drug-likeness (QED) is 0.688. The van der Waals surface area contributed by atoms with Gasteiger partial charge in [-0.25, -0.2) is 0 Å². The van der Waals surface area contributed by atoms with E-state index in [2.05, 4.69) is 39.1 Å². The topological polar surface area (TPSA) is 38.3 Å². The van der Waals surface area contributed by atoms with Gasteiger partial charge in [0.2, 0.25) is 5.91 Å². The van der Waals surface area contributed by atoms with Crippen LogP contribution in [0, 0.1) is 0 Å². The molecule has 0 aromatic heterocycles. The zero-order valence-corrected chi connectivity index (χ0v) is 14.8. The Bertz CT molecular complexity index is 483. The van der Waals surface area contributed by atoms with Gasteiger partial charge in [-0.05, 0) is 43.4 Å². The van der Waals surface area contributed by atoms with E-state index in [1.54, 1.807) is 0 Å². The third-order valence-corrected chi connectivity index (χ3v) is 3.97. The van der Waals surface area contributed by atoms with Crippen molar-refractivity contribution < 1.29 is 9.53 Å². The van der Waals surface area contributed by atoms with Crippen LogP contribution in [0.15, 0.2) is 12.1 Å². The molecular formula is C19H31NO2. The zero-order chi connectivity index (χ0) is 16.5. The summed E-state index contributed by atoms with van der Waals surface area (Å²) in [7, 11) is 0. The lowest BCUT2D eigenvalue weighted by molar-refractivity contribution is -0.115. The van der Waals surface area contributed by atoms with E-state index in [9.17, 15) is 4.79 Å². The Morgan fingerprint density at radius 1 is 1.18 bits per heavy atom. The fourth-order valence-corrected chi connectivity index (χ4v) is 2.61. The summed E-state index contributed by atoms with van der Waals surface area (Å²) in [6.07, 6.45) is 5.89. The molecule has 0 fully saturated rings. The van der Waals surface area contributed by atoms with Crippen LogP contribution in [0.4, 0.5) is 5.69 Å². The lowest BCUT2D eigenvalue weighted by Crippen LogP contribution is -2.17. The molecule has 1 unspecified atom stereocenters. The standard InChI is InChI=1S/C19H31NO2/c1-6-10-11-14(5)22-19-16(8-3)15(7-2)12-13-17(19)20-18(21)9-4/h12-14H,6-11H2,1-5H3,(H,20,21). The summed E-state index contributed by atoms with van der Waals surface area (Å²) in [6.45, 7) is 10.5. The molecule has 1 N–H and O–H groups in total. The third kappa shape index (κ3) is 5.04. The van der Waals surface area contributed by atoms with E-state index < -0.39 is 0 Å². The van der Waals surface area contributed by atoms with Crippen molar-refractivity contribution in [2.24, 2.45) is 0 Å². The molecule has 1 atom stereocenters. The van der Waals surface area contributed by atoms with Crippen molar-refractivity contribution in [3.63, 3.8) is 0 Å². The first-order valence-corrected chi connectivity index (χ1v) is 8.68. The normalized spacial score (nSPS) is 12.0. The Kier molecular flexibility index (Phi) is 8.00. The maximum atomic E-state index is 11.8. The van der Waals surface area contributed by atoms with E-state index >= 15 is 0 Å². The molecule has 0 heterocycles. The number of aryl methyl sites for hydroxylation is 1. The molecule has 22 heavy (non-hydrogen) atoms. The summed E-state index contributed by atoms with van der Waals surface area (Å²) >= 11 is 0. The van der Waals surface area contributed by atoms with Crippen molar-refractivity contribution in [1.29, 1.82) is 0 Å². The minimum Gasteiger partial charge on any atom is -0.488 e. The molecule has 0 saturated heterocycles. The molecular weight excluding hydrogens is 274 g/mol. The van der Waals surface area contributed by atoms with E-state index in [4.69, 9.17) is 4.74 Å². The van der Waals surface area contributed by atoms with Gasteiger partial charge in [-0.3, -0.25) is 4.79 Å². The molecule has 1 rings (SSSR count). The van der Waals surface area contributed by atoms with Crippen molar-refractivity contribution in [2.75, 3.05) is 5.32 Å². The number of rotatable bonds is 9. The van der Waals surface area contributed by atoms with E-state index in [-0.39, 0.29) is 12.0 Å². The first-order chi connectivity index (χ1) is 10.6. The van der Waals surface area contributed by atoms with Crippen LogP contribution in [-0.4, -0.2) is 12.0 Å². The van der Waals surface area contributed by atoms with Crippen molar-refractivity contribution in [3.05, 3.63) is 23.3 Å². The van der Waals surface area contributed by atoms with E-state index in [0.29, 0.717) is 6.42 Å². The van der Waals surface area contributed by atoms with Gasteiger partial charge in [0, 0.05) is 6.42 Å². The van der Waals surface area contributed by atoms with E-state index in [1.165, 1.54) is 17.5 Å². The molecule has 1 aromatic carbocycles. The number of benzene rings is 1. The summed E-state index contributed by atoms with van der Waals surface area (Å²) in [6, 6.07) is 4.08. The highest BCUT2D eigenvalue weighted by Gasteiger charge is 2.16. The first-order valence-electron chi connectivity index (χ1n) is 8.68. The minimum atomic E-state index is 0.0253. The van der Waals surface area contributed by atoms with Crippen molar-refractivity contribution in [3.8, 4) is 5.75 Å². The molecule has 0 aliphatic heterocycles. The minimum absolute atomic E-state index is 0.0253. The van der Waals surface area contributed by atoms with Gasteiger partial charge in [0.1, 0.15) is 5.75 Å². The van der Waals surface area contributed by atoms with E-state index in [0.717, 1.165) is 37.1 Å². The average molecular weight is 305 g/mol. The van der Waals surface area contributed by atoms with Crippen LogP contribution in [0.3, 0.4) is 0 Å². The monoisotopic (exact) mass is 305 g/mol. The van der Waals surface area contributed by atoms with Crippen LogP contribution in [0.5, 0.6) is 5.75 Å². The van der Waals surface area contributed by atoms with Crippen LogP contribution in [0.1, 0.15) is 71.4 Å². The van der Waals surface area contributed by atoms with Crippen molar-refractivity contribution in [2.45, 2.75) is 79.2 Å².